The van der Waals surface area contributed by atoms with Gasteiger partial charge in [0.1, 0.15) is 58.7 Å². The van der Waals surface area contributed by atoms with Gasteiger partial charge in [-0.1, -0.05) is 68.3 Å². The smallest absolute Gasteiger partial charge is 0.264 e. The number of hydrogen-bond acceptors (Lipinski definition) is 29. The third-order valence-electron chi connectivity index (χ3n) is 28.5. The number of ether oxygens (including phenoxy) is 5. The van der Waals surface area contributed by atoms with E-state index in [9.17, 15) is 9.59 Å². The molecule has 10 aliphatic heterocycles. The predicted octanol–water partition coefficient (Wildman–Crippen LogP) is 19.8. The Kier molecular flexibility index (Phi) is 25.7. The van der Waals surface area contributed by atoms with Crippen LogP contribution in [0.5, 0.6) is 28.7 Å². The van der Waals surface area contributed by atoms with Crippen molar-refractivity contribution >= 4 is 151 Å². The number of piperidine rings is 1. The molecule has 28 rings (SSSR count). The summed E-state index contributed by atoms with van der Waals surface area (Å²) in [5.74, 6) is 5.75. The molecule has 0 radical (unpaired) electrons. The van der Waals surface area contributed by atoms with E-state index in [1.807, 2.05) is 153 Å². The van der Waals surface area contributed by atoms with Crippen molar-refractivity contribution in [3.05, 3.63) is 273 Å². The van der Waals surface area contributed by atoms with E-state index in [0.717, 1.165) is 305 Å². The number of halogens is 5. The number of nitrogens with one attached hydrogen (secondary N) is 3. The summed E-state index contributed by atoms with van der Waals surface area (Å²) in [5, 5.41) is 37.2. The van der Waals surface area contributed by atoms with Crippen LogP contribution in [0.25, 0.3) is 103 Å². The third-order valence-corrected chi connectivity index (χ3v) is 32.4. The lowest BCUT2D eigenvalue weighted by atomic mass is 9.99. The Labute approximate surface area is 863 Å². The summed E-state index contributed by atoms with van der Waals surface area (Å²) in [6.07, 6.45) is 19.5. The molecule has 18 aromatic rings. The molecule has 0 saturated carbocycles. The molecule has 7 atom stereocenters. The maximum absolute atomic E-state index is 13.3. The summed E-state index contributed by atoms with van der Waals surface area (Å²) in [7, 11) is 10.3. The van der Waals surface area contributed by atoms with Gasteiger partial charge in [-0.3, -0.25) is 24.2 Å². The number of carbonyl (C=O) groups is 2. The summed E-state index contributed by atoms with van der Waals surface area (Å²) in [6, 6.07) is 35.8. The predicted molar refractivity (Wildman–Crippen MR) is 556 cm³/mol. The van der Waals surface area contributed by atoms with Crippen LogP contribution in [0.1, 0.15) is 116 Å². The van der Waals surface area contributed by atoms with Gasteiger partial charge in [-0.05, 0) is 161 Å². The summed E-state index contributed by atoms with van der Waals surface area (Å²) < 4.78 is 55.9. The van der Waals surface area contributed by atoms with Gasteiger partial charge in [-0.15, -0.1) is 34.0 Å². The highest BCUT2D eigenvalue weighted by Crippen LogP contribution is 2.53. The Morgan fingerprint density at radius 2 is 0.903 bits per heavy atom. The molecule has 2 fully saturated rings. The zero-order valence-corrected chi connectivity index (χ0v) is 85.1. The molecule has 732 valence electrons. The fraction of sp³-hybridized carbons (Fsp3) is 0.311. The van der Waals surface area contributed by atoms with Gasteiger partial charge in [-0.25, -0.2) is 29.4 Å². The van der Waals surface area contributed by atoms with Crippen molar-refractivity contribution in [3.63, 3.8) is 0 Å². The highest BCUT2D eigenvalue weighted by molar-refractivity contribution is 7.18. The van der Waals surface area contributed by atoms with Crippen LogP contribution in [0.4, 0.5) is 0 Å². The van der Waals surface area contributed by atoms with Gasteiger partial charge in [0.2, 0.25) is 0 Å². The molecule has 10 aliphatic rings. The maximum atomic E-state index is 13.3. The first-order valence-corrected chi connectivity index (χ1v) is 52.6. The average molecular weight is 2080 g/mol. The van der Waals surface area contributed by atoms with Crippen molar-refractivity contribution in [2.75, 3.05) is 74.0 Å². The van der Waals surface area contributed by atoms with Gasteiger partial charge < -0.3 is 72.7 Å². The Morgan fingerprint density at radius 1 is 0.438 bits per heavy atom. The number of rotatable bonds is 12. The number of pyridine rings is 2. The van der Waals surface area contributed by atoms with Crippen molar-refractivity contribution in [3.8, 4) is 84.8 Å². The average Bonchev–Trinajstić information content (AvgIpc) is 1.65. The Hall–Kier alpha value is -12.6. The standard InChI is InChI=1S/C23H24ClN3O2S.C22H22ClN3O2S.C21H18ClN5O2.C20H16ClN5O2.C20H15ClN4O2S/c1-26(2)16-4-3-8-27(13-16)23(28)20-11-14-10-15(24)12-18(21(14)29-20)17-5-7-25-19-6-9-30-22(17)19;1-25(2)15-4-7-26(12-15)22(27)19-10-13-9-14(23)11-17(20(13)28-19)16-3-6-24-18-5-8-29-21(16)18;1-27-19(14-9-23-4-2-15(14)26-27)17-7-11-6-12(22)8-13(20(11)29-17)18-21-16(3-5-28-21)24-10-25-18;21-12-7-11-8-17(20-14-10-22-4-1-15(14)25-28-20)27-19(11)13(9-12)16-2-5-23-18-3-6-24-26(16)18;21-11-5-10-6-16(19-13-8-22-3-1-14(13)25-27-19)26-18(10)12(7-11)17-20-15(2-4-28-20)23-9-24-17/h5-7,9-10,12,16,20H,3-4,8,11,13H2,1-2H3;3,5-6,8-9,11,15,19H,4,7,10,12H2,1-2H3;3,5-6,8,10,17,23H,2,4,7,9H2,1H3;2-3,5-7,9,17,22H,1,4,8,10H2;2,4-5,7,9,16,22H,1,3,6,8H2. The number of nitrogens with zero attached hydrogens (tertiary/aromatic N) is 17. The number of thiophene rings is 3. The second-order valence-electron chi connectivity index (χ2n) is 37.8. The molecule has 38 heteroatoms. The Balaban J connectivity index is 0.0000000968. The van der Waals surface area contributed by atoms with Crippen LogP contribution in [0, 0.1) is 0 Å². The van der Waals surface area contributed by atoms with Gasteiger partial charge in [-0.2, -0.15) is 10.2 Å². The first-order chi connectivity index (χ1) is 70.3. The minimum absolute atomic E-state index is 0.0728. The number of benzene rings is 5. The first kappa shape index (κ1) is 93.7. The monoisotopic (exact) mass is 2080 g/mol. The fourth-order valence-corrected chi connectivity index (χ4v) is 25.3. The molecule has 30 nitrogen and oxygen atoms in total. The van der Waals surface area contributed by atoms with Crippen LogP contribution in [-0.4, -0.2) is 194 Å². The van der Waals surface area contributed by atoms with Crippen molar-refractivity contribution in [2.24, 2.45) is 7.05 Å². The number of likely N-dealkylation sites (N-methyl/N-ethyl adjacent to an activating group) is 2. The number of aromatic nitrogens is 13. The molecule has 7 unspecified atom stereocenters. The van der Waals surface area contributed by atoms with Crippen molar-refractivity contribution < 1.29 is 46.7 Å². The molecule has 23 heterocycles. The largest absolute Gasteiger partial charge is 0.483 e. The van der Waals surface area contributed by atoms with E-state index in [2.05, 4.69) is 104 Å². The fourth-order valence-electron chi connectivity index (χ4n) is 21.5. The van der Waals surface area contributed by atoms with Crippen molar-refractivity contribution in [1.82, 2.24) is 100 Å². The maximum Gasteiger partial charge on any atom is 0.264 e. The highest BCUT2D eigenvalue weighted by Gasteiger charge is 2.43. The second kappa shape index (κ2) is 39.4. The van der Waals surface area contributed by atoms with E-state index in [4.69, 9.17) is 100 Å². The van der Waals surface area contributed by atoms with E-state index in [-0.39, 0.29) is 30.1 Å². The number of fused-ring (bicyclic) bond motifs is 13. The summed E-state index contributed by atoms with van der Waals surface area (Å²) >= 11 is 37.2. The minimum Gasteiger partial charge on any atom is -0.483 e. The van der Waals surface area contributed by atoms with Gasteiger partial charge in [0.05, 0.1) is 77.3 Å². The number of amides is 2. The van der Waals surface area contributed by atoms with E-state index in [1.54, 1.807) is 69.7 Å². The number of hydrogen-bond donors (Lipinski definition) is 3. The Morgan fingerprint density at radius 3 is 1.47 bits per heavy atom. The van der Waals surface area contributed by atoms with Gasteiger partial charge in [0.25, 0.3) is 11.8 Å². The number of likely N-dealkylation sites (tertiary alicyclic amines) is 2. The molecule has 2 saturated heterocycles. The van der Waals surface area contributed by atoms with Crippen molar-refractivity contribution in [1.29, 1.82) is 0 Å². The molecule has 3 N–H and O–H groups in total. The van der Waals surface area contributed by atoms with E-state index in [1.165, 1.54) is 11.9 Å². The van der Waals surface area contributed by atoms with Crippen LogP contribution in [-0.2, 0) is 87.6 Å². The first-order valence-electron chi connectivity index (χ1n) is 48.0. The molecule has 0 aliphatic carbocycles. The van der Waals surface area contributed by atoms with Crippen LogP contribution < -0.4 is 39.6 Å². The van der Waals surface area contributed by atoms with Crippen LogP contribution >= 0.6 is 92.0 Å². The van der Waals surface area contributed by atoms with Crippen LogP contribution in [0.2, 0.25) is 25.1 Å². The van der Waals surface area contributed by atoms with E-state index in [0.29, 0.717) is 74.2 Å². The summed E-state index contributed by atoms with van der Waals surface area (Å²) in [6.45, 7) is 8.25. The third kappa shape index (κ3) is 17.9. The molecule has 2 amide bonds. The Bertz CT molecular complexity index is 7860. The van der Waals surface area contributed by atoms with Crippen LogP contribution in [0.3, 0.4) is 0 Å². The lowest BCUT2D eigenvalue weighted by molar-refractivity contribution is -0.140. The summed E-state index contributed by atoms with van der Waals surface area (Å²) in [5.41, 5.74) is 27.0. The zero-order chi connectivity index (χ0) is 97.8. The lowest BCUT2D eigenvalue weighted by Crippen LogP contribution is -2.51. The zero-order valence-electron chi connectivity index (χ0n) is 78.9. The second-order valence-corrected chi connectivity index (χ2v) is 42.7. The molecule has 5 aromatic carbocycles. The topological polar surface area (TPSA) is 320 Å². The molecule has 144 heavy (non-hydrogen) atoms. The number of furan rings is 1. The lowest BCUT2D eigenvalue weighted by Gasteiger charge is -2.37. The van der Waals surface area contributed by atoms with Gasteiger partial charge in [0.15, 0.2) is 47.2 Å². The summed E-state index contributed by atoms with van der Waals surface area (Å²) in [4.78, 5) is 65.5. The molecule has 0 spiro atoms. The minimum atomic E-state index is -0.487. The normalized spacial score (nSPS) is 19.3. The number of aryl methyl sites for hydroxylation is 1. The van der Waals surface area contributed by atoms with Crippen molar-refractivity contribution in [2.45, 2.75) is 133 Å². The van der Waals surface area contributed by atoms with Gasteiger partial charge in [0, 0.05) is 275 Å². The van der Waals surface area contributed by atoms with Crippen LogP contribution in [0.15, 0.2) is 183 Å². The SMILES string of the molecule is CN(C)C1CCCN(C(=O)C2Cc3cc(Cl)cc(-c4ccnc5ccsc45)c3O2)C1.CN(C)C1CCN(C(=O)C2Cc3cc(Cl)cc(-c4ccnc5ccsc45)c3O2)C1.Clc1cc2c(c(-c3ccnc4ccnn34)c1)OC(c1onc3c1CNCC3)C2.Clc1cc2c(c(-c3ncnc4ccsc34)c1)OC(c1onc3c1CNCC3)C2.Cn1nc2c(c1C1Cc3cc(Cl)cc(-c4ncnc5ccoc45)c3O1)CNCC2. The van der Waals surface area contributed by atoms with E-state index >= 15 is 0 Å². The molecular weight excluding hydrogens is 1990 g/mol. The number of carbonyl (C=O) groups excluding carboxylic acids is 2. The van der Waals surface area contributed by atoms with E-state index < -0.39 is 12.2 Å². The molecule has 0 bridgehead atoms. The molecule has 13 aromatic heterocycles. The highest BCUT2D eigenvalue weighted by atomic mass is 35.5. The molecular formula is C106H95Cl5N20O10S3. The quantitative estimate of drug-likeness (QED) is 0.102. The van der Waals surface area contributed by atoms with Gasteiger partial charge >= 0.3 is 0 Å².